The summed E-state index contributed by atoms with van der Waals surface area (Å²) >= 11 is 0. The van der Waals surface area contributed by atoms with Gasteiger partial charge in [-0.3, -0.25) is 4.99 Å². The Kier molecular flexibility index (Phi) is 7.02. The Morgan fingerprint density at radius 3 is 2.90 bits per heavy atom. The number of hydrogen-bond donors (Lipinski definition) is 2. The molecule has 1 heterocycles. The molecular formula is C16H26BrN3O. The molecule has 0 aliphatic carbocycles. The van der Waals surface area contributed by atoms with Crippen molar-refractivity contribution in [3.05, 3.63) is 29.8 Å². The highest BCUT2D eigenvalue weighted by Crippen LogP contribution is 2.25. The highest BCUT2D eigenvalue weighted by atomic mass is 79.9. The zero-order valence-corrected chi connectivity index (χ0v) is 14.8. The molecule has 0 saturated heterocycles. The van der Waals surface area contributed by atoms with Gasteiger partial charge in [-0.2, -0.15) is 0 Å². The number of benzene rings is 1. The van der Waals surface area contributed by atoms with E-state index in [1.54, 1.807) is 7.11 Å². The molecular weight excluding hydrogens is 330 g/mol. The lowest BCUT2D eigenvalue weighted by Crippen LogP contribution is -2.43. The largest absolute Gasteiger partial charge is 0.497 e. The summed E-state index contributed by atoms with van der Waals surface area (Å²) in [4.78, 5) is 4.52. The van der Waals surface area contributed by atoms with Gasteiger partial charge in [-0.25, -0.2) is 0 Å². The molecule has 21 heavy (non-hydrogen) atoms. The van der Waals surface area contributed by atoms with Crippen molar-refractivity contribution >= 4 is 22.9 Å². The van der Waals surface area contributed by atoms with E-state index in [0.717, 1.165) is 37.8 Å². The molecule has 0 saturated carbocycles. The van der Waals surface area contributed by atoms with Gasteiger partial charge in [0, 0.05) is 25.0 Å². The lowest BCUT2D eigenvalue weighted by Gasteiger charge is -2.27. The first-order valence-electron chi connectivity index (χ1n) is 7.28. The van der Waals surface area contributed by atoms with Crippen LogP contribution >= 0.6 is 17.0 Å². The molecule has 1 aliphatic heterocycles. The topological polar surface area (TPSA) is 45.6 Å². The maximum absolute atomic E-state index is 5.30. The van der Waals surface area contributed by atoms with Crippen molar-refractivity contribution < 1.29 is 4.74 Å². The molecule has 5 heteroatoms. The third-order valence-corrected chi connectivity index (χ3v) is 3.70. The predicted octanol–water partition coefficient (Wildman–Crippen LogP) is 2.88. The highest BCUT2D eigenvalue weighted by molar-refractivity contribution is 8.93. The third-order valence-electron chi connectivity index (χ3n) is 3.70. The smallest absolute Gasteiger partial charge is 0.191 e. The van der Waals surface area contributed by atoms with Gasteiger partial charge in [0.05, 0.1) is 7.11 Å². The number of nitrogens with zero attached hydrogens (tertiary/aromatic N) is 1. The number of hydrogen-bond acceptors (Lipinski definition) is 4. The second kappa shape index (κ2) is 8.27. The van der Waals surface area contributed by atoms with Crippen LogP contribution in [0.1, 0.15) is 32.3 Å². The van der Waals surface area contributed by atoms with Gasteiger partial charge in [-0.1, -0.05) is 26.0 Å². The standard InChI is InChI=1S/C16H25N3O.BrH/c1-16(2,13-7-6-8-14(11-13)20-3)12-19-15-17-9-4-5-10-18-15;/h6-8,11H,4-5,9-10,12H2,1-3H3,(H2,17,18,19);1H. The molecule has 0 bridgehead atoms. The van der Waals surface area contributed by atoms with Crippen molar-refractivity contribution in [2.45, 2.75) is 32.1 Å². The van der Waals surface area contributed by atoms with Crippen molar-refractivity contribution in [1.82, 2.24) is 10.6 Å². The van der Waals surface area contributed by atoms with E-state index < -0.39 is 0 Å². The Bertz CT molecular complexity index is 474. The van der Waals surface area contributed by atoms with E-state index in [2.05, 4.69) is 41.6 Å². The first-order valence-corrected chi connectivity index (χ1v) is 7.28. The molecule has 118 valence electrons. The predicted molar refractivity (Wildman–Crippen MR) is 93.9 cm³/mol. The van der Waals surface area contributed by atoms with E-state index in [1.165, 1.54) is 12.0 Å². The Labute approximate surface area is 138 Å². The number of ether oxygens (including phenoxy) is 1. The number of aliphatic imine (C=N–C) groups is 1. The van der Waals surface area contributed by atoms with Gasteiger partial charge < -0.3 is 15.4 Å². The van der Waals surface area contributed by atoms with Gasteiger partial charge in [-0.15, -0.1) is 17.0 Å². The Balaban J connectivity index is 0.00000220. The van der Waals surface area contributed by atoms with E-state index >= 15 is 0 Å². The van der Waals surface area contributed by atoms with Crippen LogP contribution in [0.15, 0.2) is 29.3 Å². The molecule has 2 N–H and O–H groups in total. The summed E-state index contributed by atoms with van der Waals surface area (Å²) in [6.45, 7) is 7.21. The van der Waals surface area contributed by atoms with Crippen LogP contribution in [-0.2, 0) is 5.41 Å². The molecule has 2 rings (SSSR count). The minimum absolute atomic E-state index is 0. The van der Waals surface area contributed by atoms with E-state index in [-0.39, 0.29) is 22.4 Å². The van der Waals surface area contributed by atoms with Crippen LogP contribution in [0.5, 0.6) is 5.75 Å². The van der Waals surface area contributed by atoms with Crippen LogP contribution < -0.4 is 15.4 Å². The number of methoxy groups -OCH3 is 1. The third kappa shape index (κ3) is 5.23. The molecule has 0 unspecified atom stereocenters. The van der Waals surface area contributed by atoms with Crippen molar-refractivity contribution in [2.24, 2.45) is 4.99 Å². The maximum atomic E-state index is 5.30. The summed E-state index contributed by atoms with van der Waals surface area (Å²) in [6.07, 6.45) is 2.35. The average Bonchev–Trinajstić information content (AvgIpc) is 2.74. The van der Waals surface area contributed by atoms with E-state index in [9.17, 15) is 0 Å². The fourth-order valence-electron chi connectivity index (χ4n) is 2.26. The number of nitrogens with one attached hydrogen (secondary N) is 2. The van der Waals surface area contributed by atoms with E-state index in [0.29, 0.717) is 0 Å². The fourth-order valence-corrected chi connectivity index (χ4v) is 2.26. The molecule has 0 atom stereocenters. The summed E-state index contributed by atoms with van der Waals surface area (Å²) in [5.41, 5.74) is 1.28. The minimum Gasteiger partial charge on any atom is -0.497 e. The highest BCUT2D eigenvalue weighted by Gasteiger charge is 2.21. The zero-order chi connectivity index (χ0) is 14.4. The van der Waals surface area contributed by atoms with E-state index in [4.69, 9.17) is 4.74 Å². The zero-order valence-electron chi connectivity index (χ0n) is 13.1. The van der Waals surface area contributed by atoms with Crippen molar-refractivity contribution in [3.8, 4) is 5.75 Å². The average molecular weight is 356 g/mol. The molecule has 1 aromatic carbocycles. The first kappa shape index (κ1) is 17.8. The van der Waals surface area contributed by atoms with Gasteiger partial charge in [0.2, 0.25) is 0 Å². The second-order valence-electron chi connectivity index (χ2n) is 5.83. The van der Waals surface area contributed by atoms with Gasteiger partial charge in [0.15, 0.2) is 5.96 Å². The molecule has 0 spiro atoms. The van der Waals surface area contributed by atoms with Crippen LogP contribution in [0.3, 0.4) is 0 Å². The Morgan fingerprint density at radius 2 is 2.14 bits per heavy atom. The van der Waals surface area contributed by atoms with Crippen LogP contribution in [0.25, 0.3) is 0 Å². The quantitative estimate of drug-likeness (QED) is 0.872. The fraction of sp³-hybridized carbons (Fsp3) is 0.562. The summed E-state index contributed by atoms with van der Waals surface area (Å²) < 4.78 is 5.30. The van der Waals surface area contributed by atoms with Gasteiger partial charge in [-0.05, 0) is 30.5 Å². The molecule has 0 fully saturated rings. The molecule has 0 radical (unpaired) electrons. The minimum atomic E-state index is 0. The van der Waals surface area contributed by atoms with Gasteiger partial charge >= 0.3 is 0 Å². The lowest BCUT2D eigenvalue weighted by atomic mass is 9.84. The Morgan fingerprint density at radius 1 is 1.33 bits per heavy atom. The summed E-state index contributed by atoms with van der Waals surface area (Å²) in [5, 5.41) is 6.78. The number of rotatable bonds is 4. The normalized spacial score (nSPS) is 15.1. The number of halogens is 1. The molecule has 4 nitrogen and oxygen atoms in total. The lowest BCUT2D eigenvalue weighted by molar-refractivity contribution is 0.411. The summed E-state index contributed by atoms with van der Waals surface area (Å²) in [6, 6.07) is 8.26. The van der Waals surface area contributed by atoms with Crippen molar-refractivity contribution in [1.29, 1.82) is 0 Å². The van der Waals surface area contributed by atoms with Crippen LogP contribution in [0.2, 0.25) is 0 Å². The van der Waals surface area contributed by atoms with Gasteiger partial charge in [0.25, 0.3) is 0 Å². The van der Waals surface area contributed by atoms with Crippen molar-refractivity contribution in [3.63, 3.8) is 0 Å². The SMILES string of the molecule is Br.COc1cccc(C(C)(C)CNC2=NCCCCN2)c1. The van der Waals surface area contributed by atoms with Gasteiger partial charge in [0.1, 0.15) is 5.75 Å². The monoisotopic (exact) mass is 355 g/mol. The van der Waals surface area contributed by atoms with Crippen molar-refractivity contribution in [2.75, 3.05) is 26.7 Å². The molecule has 0 aromatic heterocycles. The molecule has 1 aromatic rings. The van der Waals surface area contributed by atoms with Crippen LogP contribution in [-0.4, -0.2) is 32.7 Å². The maximum Gasteiger partial charge on any atom is 0.191 e. The number of guanidine groups is 1. The van der Waals surface area contributed by atoms with E-state index in [1.807, 2.05) is 12.1 Å². The second-order valence-corrected chi connectivity index (χ2v) is 5.83. The molecule has 1 aliphatic rings. The molecule has 0 amide bonds. The Hall–Kier alpha value is -1.23. The van der Waals surface area contributed by atoms with Crippen LogP contribution in [0, 0.1) is 0 Å². The van der Waals surface area contributed by atoms with Crippen LogP contribution in [0.4, 0.5) is 0 Å². The summed E-state index contributed by atoms with van der Waals surface area (Å²) in [7, 11) is 1.70. The summed E-state index contributed by atoms with van der Waals surface area (Å²) in [5.74, 6) is 1.83. The first-order chi connectivity index (χ1) is 9.62.